The molecule has 2 rings (SSSR count). The lowest BCUT2D eigenvalue weighted by Crippen LogP contribution is -2.38. The van der Waals surface area contributed by atoms with Gasteiger partial charge in [0.25, 0.3) is 0 Å². The molecule has 0 atom stereocenters. The zero-order chi connectivity index (χ0) is 19.3. The monoisotopic (exact) mass is 536 g/mol. The maximum Gasteiger partial charge on any atom is 0.218 e. The topological polar surface area (TPSA) is 67.8 Å². The number of aliphatic imine (C=N–C) groups is 1. The Balaban J connectivity index is 0.00000392. The fraction of sp³-hybridized carbons (Fsp3) is 0.368. The minimum atomic E-state index is 0. The van der Waals surface area contributed by atoms with E-state index >= 15 is 0 Å². The molecule has 154 valence electrons. The Morgan fingerprint density at radius 1 is 1.18 bits per heavy atom. The molecule has 0 amide bonds. The molecule has 0 aliphatic rings. The number of guanidine groups is 1. The van der Waals surface area contributed by atoms with Gasteiger partial charge in [0.1, 0.15) is 6.61 Å². The number of nitrogens with one attached hydrogen (secondary N) is 2. The van der Waals surface area contributed by atoms with E-state index < -0.39 is 0 Å². The third-order valence-electron chi connectivity index (χ3n) is 3.52. The standard InChI is InChI=1S/C19H25ClN4O2S.HI/c1-21-19(23-10-13-27-17-7-5-16(20)6-8-17)24-14-15-4-3-9-22-18(15)26-12-11-25-2;/h3-9H,10-14H2,1-2H3,(H2,21,23,24);1H. The van der Waals surface area contributed by atoms with Crippen LogP contribution >= 0.6 is 47.3 Å². The van der Waals surface area contributed by atoms with Crippen molar-refractivity contribution in [2.24, 2.45) is 4.99 Å². The van der Waals surface area contributed by atoms with Crippen molar-refractivity contribution in [1.29, 1.82) is 0 Å². The predicted octanol–water partition coefficient (Wildman–Crippen LogP) is 3.84. The van der Waals surface area contributed by atoms with Crippen LogP contribution in [0.2, 0.25) is 5.02 Å². The van der Waals surface area contributed by atoms with Gasteiger partial charge in [-0.2, -0.15) is 0 Å². The first-order valence-electron chi connectivity index (χ1n) is 8.61. The summed E-state index contributed by atoms with van der Waals surface area (Å²) in [5, 5.41) is 7.34. The van der Waals surface area contributed by atoms with Crippen LogP contribution in [0.1, 0.15) is 5.56 Å². The molecule has 0 bridgehead atoms. The largest absolute Gasteiger partial charge is 0.475 e. The van der Waals surface area contributed by atoms with Crippen LogP contribution in [0.25, 0.3) is 0 Å². The van der Waals surface area contributed by atoms with Gasteiger partial charge in [-0.1, -0.05) is 17.7 Å². The molecule has 2 N–H and O–H groups in total. The van der Waals surface area contributed by atoms with Crippen molar-refractivity contribution in [3.63, 3.8) is 0 Å². The minimum absolute atomic E-state index is 0. The van der Waals surface area contributed by atoms with Crippen molar-refractivity contribution in [3.05, 3.63) is 53.2 Å². The Kier molecular flexibility index (Phi) is 13.0. The van der Waals surface area contributed by atoms with Gasteiger partial charge in [0, 0.05) is 54.7 Å². The number of aromatic nitrogens is 1. The second-order valence-electron chi connectivity index (χ2n) is 5.46. The Hall–Kier alpha value is -1.23. The van der Waals surface area contributed by atoms with E-state index in [1.165, 1.54) is 4.90 Å². The van der Waals surface area contributed by atoms with Crippen LogP contribution in [-0.4, -0.2) is 50.6 Å². The number of halogens is 2. The fourth-order valence-electron chi connectivity index (χ4n) is 2.18. The summed E-state index contributed by atoms with van der Waals surface area (Å²) in [7, 11) is 3.39. The lowest BCUT2D eigenvalue weighted by molar-refractivity contribution is 0.143. The van der Waals surface area contributed by atoms with E-state index in [4.69, 9.17) is 21.1 Å². The van der Waals surface area contributed by atoms with Gasteiger partial charge < -0.3 is 20.1 Å². The summed E-state index contributed by atoms with van der Waals surface area (Å²) in [5.74, 6) is 2.26. The van der Waals surface area contributed by atoms with Crippen molar-refractivity contribution in [2.45, 2.75) is 11.4 Å². The van der Waals surface area contributed by atoms with Crippen LogP contribution in [0.4, 0.5) is 0 Å². The molecule has 1 aromatic carbocycles. The lowest BCUT2D eigenvalue weighted by atomic mass is 10.2. The summed E-state index contributed by atoms with van der Waals surface area (Å²) >= 11 is 7.66. The van der Waals surface area contributed by atoms with Gasteiger partial charge in [0.15, 0.2) is 5.96 Å². The SMILES string of the molecule is CN=C(NCCSc1ccc(Cl)cc1)NCc1cccnc1OCCOC.I. The lowest BCUT2D eigenvalue weighted by Gasteiger charge is -2.14. The quantitative estimate of drug-likeness (QED) is 0.158. The highest BCUT2D eigenvalue weighted by molar-refractivity contribution is 14.0. The zero-order valence-corrected chi connectivity index (χ0v) is 19.9. The number of methoxy groups -OCH3 is 1. The van der Waals surface area contributed by atoms with Crippen LogP contribution < -0.4 is 15.4 Å². The molecule has 0 radical (unpaired) electrons. The van der Waals surface area contributed by atoms with Crippen molar-refractivity contribution in [2.75, 3.05) is 39.7 Å². The molecule has 0 spiro atoms. The van der Waals surface area contributed by atoms with Gasteiger partial charge in [0.2, 0.25) is 5.88 Å². The summed E-state index contributed by atoms with van der Waals surface area (Å²) in [6.07, 6.45) is 1.71. The van der Waals surface area contributed by atoms with Crippen LogP contribution in [0, 0.1) is 0 Å². The molecule has 1 aromatic heterocycles. The minimum Gasteiger partial charge on any atom is -0.475 e. The van der Waals surface area contributed by atoms with Crippen LogP contribution in [0.15, 0.2) is 52.5 Å². The molecule has 0 saturated heterocycles. The second kappa shape index (κ2) is 14.7. The van der Waals surface area contributed by atoms with Crippen LogP contribution in [-0.2, 0) is 11.3 Å². The number of pyridine rings is 1. The Labute approximate surface area is 192 Å². The Morgan fingerprint density at radius 3 is 2.68 bits per heavy atom. The Bertz CT molecular complexity index is 719. The van der Waals surface area contributed by atoms with E-state index in [0.29, 0.717) is 25.6 Å². The summed E-state index contributed by atoms with van der Waals surface area (Å²) in [6, 6.07) is 11.7. The fourth-order valence-corrected chi connectivity index (χ4v) is 3.07. The van der Waals surface area contributed by atoms with Crippen molar-refractivity contribution < 1.29 is 9.47 Å². The molecular weight excluding hydrogens is 511 g/mol. The molecule has 9 heteroatoms. The summed E-state index contributed by atoms with van der Waals surface area (Å²) in [5.41, 5.74) is 0.965. The van der Waals surface area contributed by atoms with Gasteiger partial charge >= 0.3 is 0 Å². The van der Waals surface area contributed by atoms with Gasteiger partial charge in [-0.25, -0.2) is 4.98 Å². The normalized spacial score (nSPS) is 10.9. The van der Waals surface area contributed by atoms with Gasteiger partial charge in [-0.15, -0.1) is 35.7 Å². The molecule has 6 nitrogen and oxygen atoms in total. The number of rotatable bonds is 10. The highest BCUT2D eigenvalue weighted by Crippen LogP contribution is 2.19. The van der Waals surface area contributed by atoms with Gasteiger partial charge in [-0.3, -0.25) is 4.99 Å². The van der Waals surface area contributed by atoms with E-state index in [1.807, 2.05) is 36.4 Å². The average Bonchev–Trinajstić information content (AvgIpc) is 2.70. The van der Waals surface area contributed by atoms with Gasteiger partial charge in [0.05, 0.1) is 6.61 Å². The number of thioether (sulfide) groups is 1. The highest BCUT2D eigenvalue weighted by Gasteiger charge is 2.06. The molecule has 0 unspecified atom stereocenters. The molecular formula is C19H26ClIN4O2S. The van der Waals surface area contributed by atoms with Crippen molar-refractivity contribution >= 4 is 53.3 Å². The Morgan fingerprint density at radius 2 is 1.96 bits per heavy atom. The number of ether oxygens (including phenoxy) is 2. The first-order valence-corrected chi connectivity index (χ1v) is 9.98. The second-order valence-corrected chi connectivity index (χ2v) is 7.07. The molecule has 2 aromatic rings. The first-order chi connectivity index (χ1) is 13.2. The number of nitrogens with zero attached hydrogens (tertiary/aromatic N) is 2. The molecule has 0 aliphatic carbocycles. The summed E-state index contributed by atoms with van der Waals surface area (Å²) in [6.45, 7) is 2.35. The van der Waals surface area contributed by atoms with Crippen molar-refractivity contribution in [1.82, 2.24) is 15.6 Å². The zero-order valence-electron chi connectivity index (χ0n) is 16.0. The van der Waals surface area contributed by atoms with E-state index in [2.05, 4.69) is 20.6 Å². The van der Waals surface area contributed by atoms with Crippen LogP contribution in [0.5, 0.6) is 5.88 Å². The average molecular weight is 537 g/mol. The third kappa shape index (κ3) is 9.31. The van der Waals surface area contributed by atoms with E-state index in [9.17, 15) is 0 Å². The summed E-state index contributed by atoms with van der Waals surface area (Å²) < 4.78 is 10.7. The molecule has 28 heavy (non-hydrogen) atoms. The predicted molar refractivity (Wildman–Crippen MR) is 127 cm³/mol. The van der Waals surface area contributed by atoms with Crippen molar-refractivity contribution in [3.8, 4) is 5.88 Å². The maximum absolute atomic E-state index is 5.90. The molecule has 1 heterocycles. The molecule has 0 fully saturated rings. The highest BCUT2D eigenvalue weighted by atomic mass is 127. The van der Waals surface area contributed by atoms with E-state index in [0.717, 1.165) is 28.8 Å². The van der Waals surface area contributed by atoms with E-state index in [1.54, 1.807) is 32.1 Å². The summed E-state index contributed by atoms with van der Waals surface area (Å²) in [4.78, 5) is 9.72. The number of hydrogen-bond donors (Lipinski definition) is 2. The molecule has 0 saturated carbocycles. The number of hydrogen-bond acceptors (Lipinski definition) is 5. The smallest absolute Gasteiger partial charge is 0.218 e. The first kappa shape index (κ1) is 24.8. The third-order valence-corrected chi connectivity index (χ3v) is 4.79. The maximum atomic E-state index is 5.90. The molecule has 0 aliphatic heterocycles. The van der Waals surface area contributed by atoms with Crippen LogP contribution in [0.3, 0.4) is 0 Å². The number of benzene rings is 1. The van der Waals surface area contributed by atoms with Gasteiger partial charge in [-0.05, 0) is 30.3 Å². The van der Waals surface area contributed by atoms with E-state index in [-0.39, 0.29) is 24.0 Å².